The minimum absolute atomic E-state index is 0.0332. The molecule has 156 valence electrons. The second-order valence-corrected chi connectivity index (χ2v) is 8.49. The zero-order valence-electron chi connectivity index (χ0n) is 17.2. The maximum Gasteiger partial charge on any atom is 0.292 e. The van der Waals surface area contributed by atoms with E-state index >= 15 is 0 Å². The second-order valence-electron chi connectivity index (χ2n) is 8.49. The lowest BCUT2D eigenvalue weighted by Crippen LogP contribution is -2.40. The fourth-order valence-corrected chi connectivity index (χ4v) is 4.57. The summed E-state index contributed by atoms with van der Waals surface area (Å²) < 4.78 is 18.7. The van der Waals surface area contributed by atoms with Gasteiger partial charge in [-0.25, -0.2) is 4.39 Å². The van der Waals surface area contributed by atoms with Crippen molar-refractivity contribution < 1.29 is 13.7 Å². The molecule has 2 heterocycles. The molecule has 0 saturated carbocycles. The summed E-state index contributed by atoms with van der Waals surface area (Å²) in [5, 5.41) is 4.12. The van der Waals surface area contributed by atoms with Gasteiger partial charge in [-0.2, -0.15) is 0 Å². The van der Waals surface area contributed by atoms with Crippen LogP contribution in [0, 0.1) is 11.7 Å². The highest BCUT2D eigenvalue weighted by atomic mass is 19.1. The number of fused-ring (bicyclic) bond motifs is 1. The molecule has 2 aromatic rings. The molecule has 0 N–H and O–H groups in total. The predicted octanol–water partition coefficient (Wildman–Crippen LogP) is 3.72. The molecule has 1 aliphatic heterocycles. The third-order valence-corrected chi connectivity index (χ3v) is 6.35. The molecule has 1 saturated heterocycles. The van der Waals surface area contributed by atoms with Gasteiger partial charge in [-0.1, -0.05) is 17.3 Å². The van der Waals surface area contributed by atoms with Crippen LogP contribution in [-0.4, -0.2) is 54.1 Å². The van der Waals surface area contributed by atoms with E-state index in [4.69, 9.17) is 4.52 Å². The highest BCUT2D eigenvalue weighted by Gasteiger charge is 2.28. The van der Waals surface area contributed by atoms with E-state index in [2.05, 4.69) is 10.1 Å². The molecule has 4 rings (SSSR count). The normalized spacial score (nSPS) is 17.9. The molecule has 6 heteroatoms. The Bertz CT molecular complexity index is 842. The number of hydrogen-bond donors (Lipinski definition) is 0. The van der Waals surface area contributed by atoms with Crippen LogP contribution < -0.4 is 0 Å². The summed E-state index contributed by atoms with van der Waals surface area (Å²) in [6.45, 7) is 3.76. The Morgan fingerprint density at radius 2 is 2.07 bits per heavy atom. The predicted molar refractivity (Wildman–Crippen MR) is 109 cm³/mol. The first-order valence-electron chi connectivity index (χ1n) is 10.8. The van der Waals surface area contributed by atoms with Crippen molar-refractivity contribution in [3.8, 4) is 0 Å². The lowest BCUT2D eigenvalue weighted by atomic mass is 9.94. The van der Waals surface area contributed by atoms with Crippen molar-refractivity contribution in [2.24, 2.45) is 5.92 Å². The summed E-state index contributed by atoms with van der Waals surface area (Å²) >= 11 is 0. The second kappa shape index (κ2) is 9.08. The van der Waals surface area contributed by atoms with E-state index in [1.54, 1.807) is 12.1 Å². The molecule has 1 aromatic carbocycles. The minimum Gasteiger partial charge on any atom is -0.350 e. The number of benzene rings is 1. The standard InChI is InChI=1S/C23H30FN3O2/c1-26(23(28)22-20-7-2-3-8-21(20)25-29-22)16-18-10-13-27(14-11-18)12-9-17-5-4-6-19(24)15-17/h4-6,15,18H,2-3,7-14,16H2,1H3. The molecule has 1 aromatic heterocycles. The number of halogens is 1. The Labute approximate surface area is 171 Å². The van der Waals surface area contributed by atoms with Crippen molar-refractivity contribution in [3.05, 3.63) is 52.7 Å². The molecule has 1 fully saturated rings. The average molecular weight is 400 g/mol. The quantitative estimate of drug-likeness (QED) is 0.743. The number of rotatable bonds is 6. The summed E-state index contributed by atoms with van der Waals surface area (Å²) in [4.78, 5) is 17.1. The van der Waals surface area contributed by atoms with Crippen molar-refractivity contribution in [2.75, 3.05) is 33.2 Å². The molecule has 2 aliphatic rings. The first-order chi connectivity index (χ1) is 14.1. The smallest absolute Gasteiger partial charge is 0.292 e. The molecule has 0 bridgehead atoms. The highest BCUT2D eigenvalue weighted by molar-refractivity contribution is 5.93. The van der Waals surface area contributed by atoms with Gasteiger partial charge < -0.3 is 14.3 Å². The number of piperidine rings is 1. The summed E-state index contributed by atoms with van der Waals surface area (Å²) in [5.74, 6) is 0.763. The van der Waals surface area contributed by atoms with E-state index < -0.39 is 0 Å². The van der Waals surface area contributed by atoms with Crippen LogP contribution >= 0.6 is 0 Å². The number of hydrogen-bond acceptors (Lipinski definition) is 4. The van der Waals surface area contributed by atoms with Gasteiger partial charge in [0.2, 0.25) is 5.76 Å². The van der Waals surface area contributed by atoms with Gasteiger partial charge in [0, 0.05) is 25.7 Å². The Kier molecular flexibility index (Phi) is 6.28. The van der Waals surface area contributed by atoms with E-state index in [-0.39, 0.29) is 11.7 Å². The molecule has 0 radical (unpaired) electrons. The summed E-state index contributed by atoms with van der Waals surface area (Å²) in [6, 6.07) is 6.87. The van der Waals surface area contributed by atoms with Crippen LogP contribution in [0.1, 0.15) is 53.1 Å². The molecule has 1 amide bonds. The van der Waals surface area contributed by atoms with E-state index in [0.29, 0.717) is 11.7 Å². The molecule has 29 heavy (non-hydrogen) atoms. The largest absolute Gasteiger partial charge is 0.350 e. The third kappa shape index (κ3) is 4.86. The van der Waals surface area contributed by atoms with Crippen LogP contribution in [0.4, 0.5) is 4.39 Å². The number of likely N-dealkylation sites (tertiary alicyclic amines) is 1. The van der Waals surface area contributed by atoms with Crippen LogP contribution in [0.5, 0.6) is 0 Å². The Hall–Kier alpha value is -2.21. The maximum absolute atomic E-state index is 13.3. The highest BCUT2D eigenvalue weighted by Crippen LogP contribution is 2.25. The first-order valence-corrected chi connectivity index (χ1v) is 10.8. The Morgan fingerprint density at radius 1 is 1.28 bits per heavy atom. The molecule has 0 spiro atoms. The van der Waals surface area contributed by atoms with E-state index in [0.717, 1.165) is 87.9 Å². The van der Waals surface area contributed by atoms with Crippen LogP contribution in [0.25, 0.3) is 0 Å². The van der Waals surface area contributed by atoms with Crippen molar-refractivity contribution in [1.82, 2.24) is 15.0 Å². The van der Waals surface area contributed by atoms with Crippen molar-refractivity contribution in [1.29, 1.82) is 0 Å². The number of amides is 1. The fourth-order valence-electron chi connectivity index (χ4n) is 4.57. The van der Waals surface area contributed by atoms with Crippen LogP contribution in [0.3, 0.4) is 0 Å². The number of aromatic nitrogens is 1. The van der Waals surface area contributed by atoms with Gasteiger partial charge >= 0.3 is 0 Å². The summed E-state index contributed by atoms with van der Waals surface area (Å²) in [5.41, 5.74) is 3.05. The number of nitrogens with zero attached hydrogens (tertiary/aromatic N) is 3. The monoisotopic (exact) mass is 399 g/mol. The van der Waals surface area contributed by atoms with Gasteiger partial charge in [-0.15, -0.1) is 0 Å². The Morgan fingerprint density at radius 3 is 2.86 bits per heavy atom. The zero-order chi connectivity index (χ0) is 20.2. The van der Waals surface area contributed by atoms with Crippen LogP contribution in [-0.2, 0) is 19.3 Å². The lowest BCUT2D eigenvalue weighted by molar-refractivity contribution is 0.0698. The SMILES string of the molecule is CN(CC1CCN(CCc2cccc(F)c2)CC1)C(=O)c1onc2c1CCCC2. The van der Waals surface area contributed by atoms with E-state index in [1.807, 2.05) is 18.0 Å². The topological polar surface area (TPSA) is 49.6 Å². The van der Waals surface area contributed by atoms with Crippen molar-refractivity contribution in [2.45, 2.75) is 44.9 Å². The van der Waals surface area contributed by atoms with Gasteiger partial charge in [-0.05, 0) is 81.6 Å². The molecule has 1 aliphatic carbocycles. The van der Waals surface area contributed by atoms with Gasteiger partial charge in [0.15, 0.2) is 0 Å². The summed E-state index contributed by atoms with van der Waals surface area (Å²) in [7, 11) is 1.87. The van der Waals surface area contributed by atoms with Crippen LogP contribution in [0.15, 0.2) is 28.8 Å². The molecule has 0 atom stereocenters. The molecule has 0 unspecified atom stereocenters. The van der Waals surface area contributed by atoms with Crippen molar-refractivity contribution >= 4 is 5.91 Å². The molecular weight excluding hydrogens is 369 g/mol. The third-order valence-electron chi connectivity index (χ3n) is 6.35. The number of carbonyl (C=O) groups excluding carboxylic acids is 1. The first kappa shape index (κ1) is 20.1. The van der Waals surface area contributed by atoms with Crippen LogP contribution in [0.2, 0.25) is 0 Å². The fraction of sp³-hybridized carbons (Fsp3) is 0.565. The van der Waals surface area contributed by atoms with Crippen molar-refractivity contribution in [3.63, 3.8) is 0 Å². The molecule has 5 nitrogen and oxygen atoms in total. The number of carbonyl (C=O) groups is 1. The Balaban J connectivity index is 1.24. The van der Waals surface area contributed by atoms with Gasteiger partial charge in [0.05, 0.1) is 5.69 Å². The maximum atomic E-state index is 13.3. The zero-order valence-corrected chi connectivity index (χ0v) is 17.2. The van der Waals surface area contributed by atoms with Gasteiger partial charge in [0.1, 0.15) is 5.82 Å². The molecular formula is C23H30FN3O2. The van der Waals surface area contributed by atoms with E-state index in [9.17, 15) is 9.18 Å². The van der Waals surface area contributed by atoms with Gasteiger partial charge in [-0.3, -0.25) is 4.79 Å². The average Bonchev–Trinajstić information content (AvgIpc) is 3.17. The van der Waals surface area contributed by atoms with Gasteiger partial charge in [0.25, 0.3) is 5.91 Å². The number of aryl methyl sites for hydroxylation is 1. The minimum atomic E-state index is -0.165. The lowest BCUT2D eigenvalue weighted by Gasteiger charge is -2.33. The van der Waals surface area contributed by atoms with E-state index in [1.165, 1.54) is 6.07 Å². The summed E-state index contributed by atoms with van der Waals surface area (Å²) in [6.07, 6.45) is 7.08.